The number of hydrogen-bond acceptors (Lipinski definition) is 7. The van der Waals surface area contributed by atoms with E-state index in [2.05, 4.69) is 17.1 Å². The molecule has 2 fully saturated rings. The third-order valence-electron chi connectivity index (χ3n) is 3.62. The third-order valence-corrected chi connectivity index (χ3v) is 6.71. The lowest BCUT2D eigenvalue weighted by Gasteiger charge is -2.24. The van der Waals surface area contributed by atoms with Crippen molar-refractivity contribution < 1.29 is 14.1 Å². The van der Waals surface area contributed by atoms with Crippen LogP contribution in [0.15, 0.2) is 4.52 Å². The zero-order valence-electron chi connectivity index (χ0n) is 10.9. The van der Waals surface area contributed by atoms with E-state index < -0.39 is 5.41 Å². The Hall–Kier alpha value is -0.690. The lowest BCUT2D eigenvalue weighted by Crippen LogP contribution is -2.22. The van der Waals surface area contributed by atoms with Crippen molar-refractivity contribution >= 4 is 29.5 Å². The molecule has 1 aromatic rings. The Kier molecular flexibility index (Phi) is 3.51. The lowest BCUT2D eigenvalue weighted by atomic mass is 10.1. The van der Waals surface area contributed by atoms with Crippen molar-refractivity contribution in [1.29, 1.82) is 0 Å². The molecule has 1 saturated carbocycles. The number of nitrogens with zero attached hydrogens (tertiary/aromatic N) is 2. The second-order valence-electron chi connectivity index (χ2n) is 4.90. The smallest absolute Gasteiger partial charge is 0.321 e. The largest absolute Gasteiger partial charge is 0.468 e. The summed E-state index contributed by atoms with van der Waals surface area (Å²) in [6.45, 7) is 2.19. The van der Waals surface area contributed by atoms with Crippen LogP contribution in [0, 0.1) is 0 Å². The number of aromatic nitrogens is 2. The number of carbonyl (C=O) groups is 1. The van der Waals surface area contributed by atoms with E-state index in [1.807, 2.05) is 23.5 Å². The molecule has 1 aliphatic heterocycles. The number of carbonyl (C=O) groups excluding carboxylic acids is 1. The molecule has 0 spiro atoms. The van der Waals surface area contributed by atoms with Crippen LogP contribution in [0.4, 0.5) is 0 Å². The highest BCUT2D eigenvalue weighted by Gasteiger charge is 2.57. The summed E-state index contributed by atoms with van der Waals surface area (Å²) in [4.78, 5) is 16.3. The number of methoxy groups -OCH3 is 1. The first-order valence-corrected chi connectivity index (χ1v) is 8.43. The van der Waals surface area contributed by atoms with Gasteiger partial charge in [0.2, 0.25) is 5.89 Å². The van der Waals surface area contributed by atoms with E-state index in [1.165, 1.54) is 12.9 Å². The highest BCUT2D eigenvalue weighted by Crippen LogP contribution is 2.49. The van der Waals surface area contributed by atoms with Crippen molar-refractivity contribution in [2.45, 2.75) is 35.7 Å². The van der Waals surface area contributed by atoms with Crippen molar-refractivity contribution in [3.63, 3.8) is 0 Å². The molecule has 7 heteroatoms. The molecule has 1 saturated heterocycles. The average molecular weight is 300 g/mol. The Bertz CT molecular complexity index is 487. The predicted molar refractivity (Wildman–Crippen MR) is 74.3 cm³/mol. The summed E-state index contributed by atoms with van der Waals surface area (Å²) in [5.41, 5.74) is -0.657. The van der Waals surface area contributed by atoms with Gasteiger partial charge in [-0.15, -0.1) is 11.8 Å². The van der Waals surface area contributed by atoms with Gasteiger partial charge in [0.1, 0.15) is 5.41 Å². The van der Waals surface area contributed by atoms with E-state index in [4.69, 9.17) is 9.26 Å². The van der Waals surface area contributed by atoms with E-state index >= 15 is 0 Å². The zero-order valence-corrected chi connectivity index (χ0v) is 12.6. The summed E-state index contributed by atoms with van der Waals surface area (Å²) in [5, 5.41) is 4.81. The van der Waals surface area contributed by atoms with Gasteiger partial charge in [0, 0.05) is 16.8 Å². The third kappa shape index (κ3) is 2.27. The van der Waals surface area contributed by atoms with Gasteiger partial charge in [-0.05, 0) is 12.8 Å². The summed E-state index contributed by atoms with van der Waals surface area (Å²) >= 11 is 3.79. The molecule has 1 aromatic heterocycles. The number of thioether (sulfide) groups is 2. The molecule has 0 aromatic carbocycles. The van der Waals surface area contributed by atoms with Crippen molar-refractivity contribution in [1.82, 2.24) is 10.1 Å². The first-order valence-electron chi connectivity index (χ1n) is 6.33. The van der Waals surface area contributed by atoms with Crippen molar-refractivity contribution in [3.05, 3.63) is 11.7 Å². The quantitative estimate of drug-likeness (QED) is 0.793. The van der Waals surface area contributed by atoms with Crippen LogP contribution in [0.5, 0.6) is 0 Å². The van der Waals surface area contributed by atoms with Crippen molar-refractivity contribution in [2.75, 3.05) is 18.6 Å². The predicted octanol–water partition coefficient (Wildman–Crippen LogP) is 2.18. The van der Waals surface area contributed by atoms with E-state index in [0.29, 0.717) is 11.1 Å². The van der Waals surface area contributed by atoms with Gasteiger partial charge in [-0.1, -0.05) is 12.1 Å². The van der Waals surface area contributed by atoms with E-state index in [9.17, 15) is 4.79 Å². The fraction of sp³-hybridized carbons (Fsp3) is 0.750. The van der Waals surface area contributed by atoms with Gasteiger partial charge >= 0.3 is 5.97 Å². The van der Waals surface area contributed by atoms with Crippen LogP contribution in [0.3, 0.4) is 0 Å². The summed E-state index contributed by atoms with van der Waals surface area (Å²) in [7, 11) is 1.40. The highest BCUT2D eigenvalue weighted by atomic mass is 32.2. The minimum absolute atomic E-state index is 0.254. The minimum Gasteiger partial charge on any atom is -0.468 e. The van der Waals surface area contributed by atoms with Gasteiger partial charge in [0.25, 0.3) is 0 Å². The second kappa shape index (κ2) is 5.01. The average Bonchev–Trinajstić information content (AvgIpc) is 3.10. The molecular formula is C12H16N2O3S2. The van der Waals surface area contributed by atoms with Crippen LogP contribution in [-0.4, -0.2) is 40.0 Å². The minimum atomic E-state index is -0.657. The number of rotatable bonds is 3. The zero-order chi connectivity index (χ0) is 13.5. The topological polar surface area (TPSA) is 65.2 Å². The molecule has 0 radical (unpaired) electrons. The standard InChI is InChI=1S/C12H16N2O3S2/c1-7-8(19-6-5-18-7)9-13-10(17-14-9)12(3-4-12)11(15)16-2/h7-8H,3-6H2,1-2H3. The van der Waals surface area contributed by atoms with Gasteiger partial charge in [0.05, 0.1) is 12.4 Å². The number of ether oxygens (including phenoxy) is 1. The van der Waals surface area contributed by atoms with Crippen LogP contribution in [0.25, 0.3) is 0 Å². The van der Waals surface area contributed by atoms with Gasteiger partial charge in [0.15, 0.2) is 5.82 Å². The molecule has 2 unspecified atom stereocenters. The van der Waals surface area contributed by atoms with Crippen LogP contribution in [-0.2, 0) is 14.9 Å². The van der Waals surface area contributed by atoms with Gasteiger partial charge in [-0.3, -0.25) is 4.79 Å². The Labute approximate surface area is 120 Å². The van der Waals surface area contributed by atoms with Gasteiger partial charge in [-0.2, -0.15) is 16.7 Å². The Morgan fingerprint density at radius 1 is 1.42 bits per heavy atom. The van der Waals surface area contributed by atoms with Crippen molar-refractivity contribution in [2.24, 2.45) is 0 Å². The van der Waals surface area contributed by atoms with Crippen LogP contribution < -0.4 is 0 Å². The molecule has 0 amide bonds. The van der Waals surface area contributed by atoms with E-state index in [0.717, 1.165) is 24.4 Å². The molecule has 0 N–H and O–H groups in total. The molecule has 1 aliphatic carbocycles. The summed E-state index contributed by atoms with van der Waals surface area (Å²) in [6.07, 6.45) is 1.48. The lowest BCUT2D eigenvalue weighted by molar-refractivity contribution is -0.144. The molecule has 2 heterocycles. The maximum atomic E-state index is 11.8. The van der Waals surface area contributed by atoms with Gasteiger partial charge < -0.3 is 9.26 Å². The molecule has 19 heavy (non-hydrogen) atoms. The summed E-state index contributed by atoms with van der Waals surface area (Å²) in [5.74, 6) is 3.15. The molecule has 5 nitrogen and oxygen atoms in total. The Balaban J connectivity index is 1.82. The molecule has 3 rings (SSSR count). The summed E-state index contributed by atoms with van der Waals surface area (Å²) < 4.78 is 10.2. The first kappa shape index (κ1) is 13.3. The molecular weight excluding hydrogens is 284 g/mol. The maximum absolute atomic E-state index is 11.8. The number of hydrogen-bond donors (Lipinski definition) is 0. The van der Waals surface area contributed by atoms with Gasteiger partial charge in [-0.25, -0.2) is 0 Å². The second-order valence-corrected chi connectivity index (χ2v) is 7.63. The first-order chi connectivity index (χ1) is 9.17. The van der Waals surface area contributed by atoms with Crippen LogP contribution in [0.1, 0.15) is 36.7 Å². The normalized spacial score (nSPS) is 28.9. The molecule has 2 aliphatic rings. The van der Waals surface area contributed by atoms with E-state index in [-0.39, 0.29) is 11.2 Å². The van der Waals surface area contributed by atoms with Crippen LogP contribution in [0.2, 0.25) is 0 Å². The Morgan fingerprint density at radius 3 is 2.79 bits per heavy atom. The highest BCUT2D eigenvalue weighted by molar-refractivity contribution is 8.06. The maximum Gasteiger partial charge on any atom is 0.321 e. The fourth-order valence-electron chi connectivity index (χ4n) is 2.29. The van der Waals surface area contributed by atoms with Crippen molar-refractivity contribution in [3.8, 4) is 0 Å². The van der Waals surface area contributed by atoms with E-state index in [1.54, 1.807) is 0 Å². The van der Waals surface area contributed by atoms with Crippen LogP contribution >= 0.6 is 23.5 Å². The monoisotopic (exact) mass is 300 g/mol. The molecule has 104 valence electrons. The summed E-state index contributed by atoms with van der Waals surface area (Å²) in [6, 6.07) is 0. The SMILES string of the molecule is COC(=O)C1(c2nc(C3SCCSC3C)no2)CC1. The molecule has 0 bridgehead atoms. The Morgan fingerprint density at radius 2 is 2.16 bits per heavy atom. The fourth-order valence-corrected chi connectivity index (χ4v) is 4.97. The number of esters is 1. The molecule has 2 atom stereocenters.